The SMILES string of the molecule is COc1ccc(CN2C(=O)[C@H](N)[C@@H]2c2ccc(C)cc2)cc1OC. The zero-order valence-corrected chi connectivity index (χ0v) is 14.2. The van der Waals surface area contributed by atoms with Crippen LogP contribution in [0.4, 0.5) is 0 Å². The summed E-state index contributed by atoms with van der Waals surface area (Å²) in [6, 6.07) is 13.3. The number of methoxy groups -OCH3 is 2. The van der Waals surface area contributed by atoms with E-state index in [4.69, 9.17) is 15.2 Å². The number of likely N-dealkylation sites (tertiary alicyclic amines) is 1. The Hall–Kier alpha value is -2.53. The third-order valence-electron chi connectivity index (χ3n) is 4.46. The van der Waals surface area contributed by atoms with Gasteiger partial charge >= 0.3 is 0 Å². The van der Waals surface area contributed by atoms with Crippen molar-refractivity contribution in [3.8, 4) is 11.5 Å². The summed E-state index contributed by atoms with van der Waals surface area (Å²) in [7, 11) is 3.20. The number of carbonyl (C=O) groups excluding carboxylic acids is 1. The Kier molecular flexibility index (Phi) is 4.44. The second-order valence-electron chi connectivity index (χ2n) is 6.04. The largest absolute Gasteiger partial charge is 0.493 e. The maximum atomic E-state index is 12.2. The first-order valence-corrected chi connectivity index (χ1v) is 7.88. The molecule has 1 aliphatic heterocycles. The zero-order valence-electron chi connectivity index (χ0n) is 14.2. The first-order valence-electron chi connectivity index (χ1n) is 7.88. The van der Waals surface area contributed by atoms with Gasteiger partial charge in [-0.1, -0.05) is 35.9 Å². The van der Waals surface area contributed by atoms with Crippen LogP contribution >= 0.6 is 0 Å². The van der Waals surface area contributed by atoms with Crippen LogP contribution in [0, 0.1) is 6.92 Å². The lowest BCUT2D eigenvalue weighted by atomic mass is 9.88. The number of hydrogen-bond donors (Lipinski definition) is 1. The fourth-order valence-electron chi connectivity index (χ4n) is 3.08. The molecule has 24 heavy (non-hydrogen) atoms. The van der Waals surface area contributed by atoms with Crippen LogP contribution in [0.15, 0.2) is 42.5 Å². The normalized spacial score (nSPS) is 19.8. The average Bonchev–Trinajstić information content (AvgIpc) is 2.62. The van der Waals surface area contributed by atoms with Crippen LogP contribution in [0.2, 0.25) is 0 Å². The number of nitrogens with zero attached hydrogens (tertiary/aromatic N) is 1. The van der Waals surface area contributed by atoms with Gasteiger partial charge in [0, 0.05) is 6.54 Å². The van der Waals surface area contributed by atoms with E-state index < -0.39 is 6.04 Å². The van der Waals surface area contributed by atoms with Crippen LogP contribution in [-0.2, 0) is 11.3 Å². The van der Waals surface area contributed by atoms with E-state index in [2.05, 4.69) is 0 Å². The number of carbonyl (C=O) groups is 1. The van der Waals surface area contributed by atoms with Crippen molar-refractivity contribution in [1.29, 1.82) is 0 Å². The molecule has 5 heteroatoms. The van der Waals surface area contributed by atoms with Crippen molar-refractivity contribution in [2.75, 3.05) is 14.2 Å². The Morgan fingerprint density at radius 2 is 1.71 bits per heavy atom. The molecular weight excluding hydrogens is 304 g/mol. The van der Waals surface area contributed by atoms with Crippen molar-refractivity contribution >= 4 is 5.91 Å². The molecule has 0 bridgehead atoms. The number of ether oxygens (including phenoxy) is 2. The molecule has 3 rings (SSSR count). The van der Waals surface area contributed by atoms with Gasteiger partial charge in [0.05, 0.1) is 20.3 Å². The number of hydrogen-bond acceptors (Lipinski definition) is 4. The second-order valence-corrected chi connectivity index (χ2v) is 6.04. The maximum Gasteiger partial charge on any atom is 0.242 e. The molecule has 1 saturated heterocycles. The molecule has 0 radical (unpaired) electrons. The highest BCUT2D eigenvalue weighted by Crippen LogP contribution is 2.36. The summed E-state index contributed by atoms with van der Waals surface area (Å²) >= 11 is 0. The Bertz CT molecular complexity index is 743. The third kappa shape index (κ3) is 2.83. The Morgan fingerprint density at radius 1 is 1.04 bits per heavy atom. The van der Waals surface area contributed by atoms with E-state index in [1.54, 1.807) is 19.1 Å². The van der Waals surface area contributed by atoms with Gasteiger partial charge in [-0.25, -0.2) is 0 Å². The molecule has 5 nitrogen and oxygen atoms in total. The van der Waals surface area contributed by atoms with E-state index in [1.165, 1.54) is 5.56 Å². The summed E-state index contributed by atoms with van der Waals surface area (Å²) in [5, 5.41) is 0. The molecule has 1 heterocycles. The Morgan fingerprint density at radius 3 is 2.33 bits per heavy atom. The standard InChI is InChI=1S/C19H22N2O3/c1-12-4-7-14(8-5-12)18-17(20)19(22)21(18)11-13-6-9-15(23-2)16(10-13)24-3/h4-10,17-18H,11,20H2,1-3H3/t17-,18+/m1/s1. The highest BCUT2D eigenvalue weighted by atomic mass is 16.5. The van der Waals surface area contributed by atoms with Gasteiger partial charge in [-0.2, -0.15) is 0 Å². The van der Waals surface area contributed by atoms with Gasteiger partial charge in [-0.3, -0.25) is 4.79 Å². The molecule has 1 aliphatic rings. The lowest BCUT2D eigenvalue weighted by Crippen LogP contribution is -2.62. The number of nitrogens with two attached hydrogens (primary N) is 1. The van der Waals surface area contributed by atoms with Crippen LogP contribution < -0.4 is 15.2 Å². The lowest BCUT2D eigenvalue weighted by molar-refractivity contribution is -0.150. The molecular formula is C19H22N2O3. The number of benzene rings is 2. The van der Waals surface area contributed by atoms with Gasteiger partial charge in [0.2, 0.25) is 5.91 Å². The minimum Gasteiger partial charge on any atom is -0.493 e. The topological polar surface area (TPSA) is 64.8 Å². The molecule has 1 amide bonds. The first-order chi connectivity index (χ1) is 11.5. The number of rotatable bonds is 5. The summed E-state index contributed by atoms with van der Waals surface area (Å²) in [6.07, 6.45) is 0. The van der Waals surface area contributed by atoms with Gasteiger partial charge in [0.1, 0.15) is 6.04 Å². The first kappa shape index (κ1) is 16.3. The average molecular weight is 326 g/mol. The predicted molar refractivity (Wildman–Crippen MR) is 92.0 cm³/mol. The maximum absolute atomic E-state index is 12.2. The van der Waals surface area contributed by atoms with Gasteiger partial charge in [0.25, 0.3) is 0 Å². The van der Waals surface area contributed by atoms with E-state index in [0.717, 1.165) is 11.1 Å². The van der Waals surface area contributed by atoms with Crippen molar-refractivity contribution < 1.29 is 14.3 Å². The van der Waals surface area contributed by atoms with Gasteiger partial charge in [-0.15, -0.1) is 0 Å². The monoisotopic (exact) mass is 326 g/mol. The quantitative estimate of drug-likeness (QED) is 0.857. The van der Waals surface area contributed by atoms with Crippen molar-refractivity contribution in [2.45, 2.75) is 25.6 Å². The number of β-lactam (4-membered cyclic amide) rings is 1. The third-order valence-corrected chi connectivity index (χ3v) is 4.46. The Labute approximate surface area is 142 Å². The summed E-state index contributed by atoms with van der Waals surface area (Å²) in [5.41, 5.74) is 9.27. The summed E-state index contributed by atoms with van der Waals surface area (Å²) in [6.45, 7) is 2.53. The van der Waals surface area contributed by atoms with E-state index in [1.807, 2.05) is 49.4 Å². The van der Waals surface area contributed by atoms with Crippen LogP contribution in [0.25, 0.3) is 0 Å². The number of amides is 1. The van der Waals surface area contributed by atoms with E-state index in [0.29, 0.717) is 18.0 Å². The molecule has 0 spiro atoms. The van der Waals surface area contributed by atoms with Crippen molar-refractivity contribution in [2.24, 2.45) is 5.73 Å². The van der Waals surface area contributed by atoms with Crippen molar-refractivity contribution in [1.82, 2.24) is 4.90 Å². The highest BCUT2D eigenvalue weighted by Gasteiger charge is 2.45. The van der Waals surface area contributed by atoms with E-state index in [9.17, 15) is 4.79 Å². The van der Waals surface area contributed by atoms with E-state index >= 15 is 0 Å². The van der Waals surface area contributed by atoms with Crippen LogP contribution in [0.5, 0.6) is 11.5 Å². The zero-order chi connectivity index (χ0) is 17.3. The van der Waals surface area contributed by atoms with Crippen molar-refractivity contribution in [3.63, 3.8) is 0 Å². The molecule has 0 aliphatic carbocycles. The predicted octanol–water partition coefficient (Wildman–Crippen LogP) is 2.42. The van der Waals surface area contributed by atoms with Crippen LogP contribution in [0.3, 0.4) is 0 Å². The Balaban J connectivity index is 1.83. The molecule has 0 saturated carbocycles. The molecule has 1 fully saturated rings. The molecule has 126 valence electrons. The minimum atomic E-state index is -0.479. The summed E-state index contributed by atoms with van der Waals surface area (Å²) in [5.74, 6) is 1.29. The molecule has 2 aromatic rings. The van der Waals surface area contributed by atoms with Crippen LogP contribution in [0.1, 0.15) is 22.7 Å². The van der Waals surface area contributed by atoms with Gasteiger partial charge < -0.3 is 20.1 Å². The fraction of sp³-hybridized carbons (Fsp3) is 0.316. The molecule has 2 aromatic carbocycles. The van der Waals surface area contributed by atoms with Gasteiger partial charge in [-0.05, 0) is 30.2 Å². The highest BCUT2D eigenvalue weighted by molar-refractivity contribution is 5.89. The minimum absolute atomic E-state index is 0.0321. The number of aryl methyl sites for hydroxylation is 1. The molecule has 2 atom stereocenters. The summed E-state index contributed by atoms with van der Waals surface area (Å²) in [4.78, 5) is 14.0. The fourth-order valence-corrected chi connectivity index (χ4v) is 3.08. The van der Waals surface area contributed by atoms with Crippen LogP contribution in [-0.4, -0.2) is 31.1 Å². The van der Waals surface area contributed by atoms with E-state index in [-0.39, 0.29) is 11.9 Å². The summed E-state index contributed by atoms with van der Waals surface area (Å²) < 4.78 is 10.6. The smallest absolute Gasteiger partial charge is 0.242 e. The molecule has 2 N–H and O–H groups in total. The molecule has 0 aromatic heterocycles. The second kappa shape index (κ2) is 6.53. The molecule has 0 unspecified atom stereocenters. The van der Waals surface area contributed by atoms with Crippen molar-refractivity contribution in [3.05, 3.63) is 59.2 Å². The lowest BCUT2D eigenvalue weighted by Gasteiger charge is -2.46. The van der Waals surface area contributed by atoms with Gasteiger partial charge in [0.15, 0.2) is 11.5 Å².